The molecular weight excluding hydrogens is 501 g/mol. The minimum atomic E-state index is -1.32. The van der Waals surface area contributed by atoms with Gasteiger partial charge in [0.2, 0.25) is 5.66 Å². The normalized spacial score (nSPS) is 19.4. The van der Waals surface area contributed by atoms with Crippen molar-refractivity contribution < 1.29 is 9.59 Å². The molecule has 6 heteroatoms. The summed E-state index contributed by atoms with van der Waals surface area (Å²) < 4.78 is 1.07. The zero-order valence-electron chi connectivity index (χ0n) is 17.1. The second-order valence-corrected chi connectivity index (χ2v) is 9.07. The number of fused-ring (bicyclic) bond motifs is 3. The first-order valence-electron chi connectivity index (χ1n) is 10.5. The molecule has 3 aromatic carbocycles. The average molecular weight is 523 g/mol. The van der Waals surface area contributed by atoms with E-state index in [-0.39, 0.29) is 11.8 Å². The zero-order valence-corrected chi connectivity index (χ0v) is 19.3. The first-order valence-corrected chi connectivity index (χ1v) is 11.5. The lowest BCUT2D eigenvalue weighted by Crippen LogP contribution is -2.63. The van der Waals surface area contributed by atoms with Crippen molar-refractivity contribution in [3.05, 3.63) is 87.5 Å². The van der Waals surface area contributed by atoms with Crippen LogP contribution >= 0.6 is 22.6 Å². The Morgan fingerprint density at radius 2 is 1.65 bits per heavy atom. The van der Waals surface area contributed by atoms with E-state index in [4.69, 9.17) is 0 Å². The van der Waals surface area contributed by atoms with Gasteiger partial charge in [0, 0.05) is 27.1 Å². The molecule has 2 heterocycles. The molecule has 5 rings (SSSR count). The topological polar surface area (TPSA) is 52.7 Å². The predicted molar refractivity (Wildman–Crippen MR) is 131 cm³/mol. The Hall–Kier alpha value is -2.87. The Labute approximate surface area is 195 Å². The maximum atomic E-state index is 14.1. The highest BCUT2D eigenvalue weighted by Crippen LogP contribution is 2.49. The number of anilines is 3. The minimum Gasteiger partial charge on any atom is -0.350 e. The number of halogens is 1. The Morgan fingerprint density at radius 3 is 2.42 bits per heavy atom. The van der Waals surface area contributed by atoms with Crippen LogP contribution < -0.4 is 15.1 Å². The lowest BCUT2D eigenvalue weighted by Gasteiger charge is -2.45. The molecule has 0 bridgehead atoms. The Balaban J connectivity index is 1.77. The van der Waals surface area contributed by atoms with Crippen molar-refractivity contribution in [3.8, 4) is 0 Å². The first kappa shape index (κ1) is 20.1. The van der Waals surface area contributed by atoms with E-state index < -0.39 is 5.66 Å². The van der Waals surface area contributed by atoms with E-state index >= 15 is 0 Å². The van der Waals surface area contributed by atoms with Gasteiger partial charge in [0.15, 0.2) is 0 Å². The molecule has 0 saturated carbocycles. The molecule has 1 atom stereocenters. The molecule has 31 heavy (non-hydrogen) atoms. The Kier molecular flexibility index (Phi) is 4.97. The molecule has 1 spiro atoms. The molecule has 3 aromatic rings. The average Bonchev–Trinajstić information content (AvgIpc) is 3.02. The summed E-state index contributed by atoms with van der Waals surface area (Å²) in [7, 11) is 0. The summed E-state index contributed by atoms with van der Waals surface area (Å²) >= 11 is 2.24. The summed E-state index contributed by atoms with van der Waals surface area (Å²) in [6.45, 7) is 2.73. The quantitative estimate of drug-likeness (QED) is 0.469. The lowest BCUT2D eigenvalue weighted by molar-refractivity contribution is -0.122. The number of unbranched alkanes of at least 4 members (excludes halogenated alkanes) is 1. The molecule has 0 saturated heterocycles. The van der Waals surface area contributed by atoms with Crippen LogP contribution in [0.5, 0.6) is 0 Å². The number of amides is 2. The molecule has 0 aliphatic carbocycles. The van der Waals surface area contributed by atoms with Gasteiger partial charge in [0.25, 0.3) is 11.8 Å². The van der Waals surface area contributed by atoms with Crippen LogP contribution in [0, 0.1) is 3.57 Å². The van der Waals surface area contributed by atoms with Crippen molar-refractivity contribution in [1.29, 1.82) is 0 Å². The van der Waals surface area contributed by atoms with Gasteiger partial charge in [-0.3, -0.25) is 14.5 Å². The summed E-state index contributed by atoms with van der Waals surface area (Å²) in [6.07, 6.45) is 1.87. The Morgan fingerprint density at radius 1 is 0.935 bits per heavy atom. The van der Waals surface area contributed by atoms with Crippen LogP contribution in [0.1, 0.15) is 35.7 Å². The number of nitrogens with zero attached hydrogens (tertiary/aromatic N) is 2. The number of rotatable bonds is 4. The summed E-state index contributed by atoms with van der Waals surface area (Å²) in [5.74, 6) is -0.306. The third-order valence-corrected chi connectivity index (χ3v) is 6.69. The van der Waals surface area contributed by atoms with Crippen molar-refractivity contribution in [2.75, 3.05) is 21.7 Å². The number of hydrogen-bond donors (Lipinski definition) is 1. The smallest absolute Gasteiger partial charge is 0.279 e. The molecule has 0 radical (unpaired) electrons. The third-order valence-electron chi connectivity index (χ3n) is 5.97. The largest absolute Gasteiger partial charge is 0.350 e. The van der Waals surface area contributed by atoms with E-state index in [1.54, 1.807) is 11.0 Å². The van der Waals surface area contributed by atoms with Crippen LogP contribution in [-0.4, -0.2) is 18.4 Å². The van der Waals surface area contributed by atoms with Crippen molar-refractivity contribution in [1.82, 2.24) is 0 Å². The molecule has 2 aliphatic rings. The fourth-order valence-corrected chi connectivity index (χ4v) is 4.87. The highest BCUT2D eigenvalue weighted by atomic mass is 127. The summed E-state index contributed by atoms with van der Waals surface area (Å²) in [5.41, 5.74) is 2.27. The van der Waals surface area contributed by atoms with Crippen molar-refractivity contribution >= 4 is 51.5 Å². The van der Waals surface area contributed by atoms with Gasteiger partial charge >= 0.3 is 0 Å². The van der Waals surface area contributed by atoms with Crippen molar-refractivity contribution in [3.63, 3.8) is 0 Å². The molecule has 5 nitrogen and oxygen atoms in total. The number of hydrogen-bond acceptors (Lipinski definition) is 3. The van der Waals surface area contributed by atoms with Crippen LogP contribution in [0.15, 0.2) is 72.8 Å². The molecule has 1 N–H and O–H groups in total. The van der Waals surface area contributed by atoms with Crippen LogP contribution in [0.4, 0.5) is 17.1 Å². The molecule has 156 valence electrons. The maximum absolute atomic E-state index is 14.1. The van der Waals surface area contributed by atoms with Gasteiger partial charge in [-0.25, -0.2) is 0 Å². The van der Waals surface area contributed by atoms with E-state index in [2.05, 4.69) is 34.8 Å². The molecule has 0 aromatic heterocycles. The fraction of sp³-hybridized carbons (Fsp3) is 0.200. The molecule has 0 fully saturated rings. The summed E-state index contributed by atoms with van der Waals surface area (Å²) in [4.78, 5) is 31.4. The molecular formula is C25H22IN3O2. The van der Waals surface area contributed by atoms with E-state index in [1.165, 1.54) is 0 Å². The molecule has 2 aliphatic heterocycles. The minimum absolute atomic E-state index is 0.122. The second-order valence-electron chi connectivity index (χ2n) is 7.83. The Bertz CT molecular complexity index is 1180. The number of nitrogens with one attached hydrogen (secondary N) is 1. The van der Waals surface area contributed by atoms with E-state index in [1.807, 2.05) is 71.6 Å². The van der Waals surface area contributed by atoms with E-state index in [0.29, 0.717) is 23.5 Å². The van der Waals surface area contributed by atoms with Gasteiger partial charge in [-0.1, -0.05) is 43.7 Å². The number of benzene rings is 3. The van der Waals surface area contributed by atoms with Crippen molar-refractivity contribution in [2.24, 2.45) is 0 Å². The van der Waals surface area contributed by atoms with Gasteiger partial charge in [0.05, 0.1) is 11.3 Å². The van der Waals surface area contributed by atoms with Gasteiger partial charge in [-0.15, -0.1) is 0 Å². The van der Waals surface area contributed by atoms with Crippen LogP contribution in [0.3, 0.4) is 0 Å². The highest BCUT2D eigenvalue weighted by Gasteiger charge is 2.59. The van der Waals surface area contributed by atoms with Gasteiger partial charge in [0.1, 0.15) is 0 Å². The maximum Gasteiger partial charge on any atom is 0.279 e. The first-order chi connectivity index (χ1) is 15.1. The SMILES string of the molecule is CCCCN1C(=O)[C@]2(Nc3ccccc3C(=O)N2c2ccc(I)cc2)c2ccccc21. The highest BCUT2D eigenvalue weighted by molar-refractivity contribution is 14.1. The summed E-state index contributed by atoms with van der Waals surface area (Å²) in [6, 6.07) is 22.9. The monoisotopic (exact) mass is 523 g/mol. The van der Waals surface area contributed by atoms with Gasteiger partial charge in [-0.2, -0.15) is 0 Å². The van der Waals surface area contributed by atoms with E-state index in [0.717, 1.165) is 27.7 Å². The second kappa shape index (κ2) is 7.67. The number of carbonyl (C=O) groups is 2. The predicted octanol–water partition coefficient (Wildman–Crippen LogP) is 5.36. The van der Waals surface area contributed by atoms with Gasteiger partial charge < -0.3 is 10.2 Å². The van der Waals surface area contributed by atoms with E-state index in [9.17, 15) is 9.59 Å². The van der Waals surface area contributed by atoms with Crippen LogP contribution in [0.2, 0.25) is 0 Å². The zero-order chi connectivity index (χ0) is 21.6. The number of para-hydroxylation sites is 2. The summed E-state index contributed by atoms with van der Waals surface area (Å²) in [5, 5.41) is 3.49. The van der Waals surface area contributed by atoms with Gasteiger partial charge in [-0.05, 0) is 71.5 Å². The number of carbonyl (C=O) groups excluding carboxylic acids is 2. The molecule has 0 unspecified atom stereocenters. The fourth-order valence-electron chi connectivity index (χ4n) is 4.51. The van der Waals surface area contributed by atoms with Crippen LogP contribution in [-0.2, 0) is 10.5 Å². The lowest BCUT2D eigenvalue weighted by atomic mass is 9.92. The molecule has 2 amide bonds. The third kappa shape index (κ3) is 2.96. The van der Waals surface area contributed by atoms with Crippen LogP contribution in [0.25, 0.3) is 0 Å². The van der Waals surface area contributed by atoms with Crippen molar-refractivity contribution in [2.45, 2.75) is 25.4 Å². The standard InChI is InChI=1S/C25H22IN3O2/c1-2-3-16-28-22-11-7-5-9-20(22)25(24(28)31)27-21-10-6-4-8-19(21)23(30)29(25)18-14-12-17(26)13-15-18/h4-15,27H,2-3,16H2,1H3/t25-/m0/s1.